The van der Waals surface area contributed by atoms with Crippen LogP contribution in [-0.4, -0.2) is 12.4 Å². The van der Waals surface area contributed by atoms with Gasteiger partial charge in [-0.25, -0.2) is 0 Å². The Kier molecular flexibility index (Phi) is 5.66. The summed E-state index contributed by atoms with van der Waals surface area (Å²) < 4.78 is 7.26. The molecule has 0 aliphatic rings. The Hall–Kier alpha value is -0.360. The number of ketones is 1. The van der Waals surface area contributed by atoms with Gasteiger partial charge in [0, 0.05) is 10.6 Å². The van der Waals surface area contributed by atoms with Crippen molar-refractivity contribution >= 4 is 60.6 Å². The van der Waals surface area contributed by atoms with Gasteiger partial charge >= 0.3 is 0 Å². The molecule has 0 spiro atoms. The predicted molar refractivity (Wildman–Crippen MR) is 90.4 cm³/mol. The third-order valence-corrected chi connectivity index (χ3v) is 5.43. The van der Waals surface area contributed by atoms with E-state index in [4.69, 9.17) is 16.3 Å². The van der Waals surface area contributed by atoms with Crippen molar-refractivity contribution in [2.75, 3.05) is 6.61 Å². The number of Topliss-reactive ketones (excluding diaryl/α,β-unsaturated/α-hetero) is 1. The van der Waals surface area contributed by atoms with E-state index in [0.29, 0.717) is 11.3 Å². The fourth-order valence-electron chi connectivity index (χ4n) is 1.67. The average Bonchev–Trinajstić information content (AvgIpc) is 2.76. The second-order valence-corrected chi connectivity index (χ2v) is 8.21. The minimum atomic E-state index is -0.0631. The molecule has 0 amide bonds. The van der Waals surface area contributed by atoms with Gasteiger partial charge in [0.15, 0.2) is 6.61 Å². The van der Waals surface area contributed by atoms with Crippen LogP contribution in [0.4, 0.5) is 0 Å². The van der Waals surface area contributed by atoms with E-state index in [0.717, 1.165) is 24.6 Å². The monoisotopic (exact) mass is 436 g/mol. The summed E-state index contributed by atoms with van der Waals surface area (Å²) in [6, 6.07) is 7.22. The highest BCUT2D eigenvalue weighted by atomic mass is 79.9. The van der Waals surface area contributed by atoms with Gasteiger partial charge in [0.25, 0.3) is 0 Å². The van der Waals surface area contributed by atoms with Crippen LogP contribution in [0.5, 0.6) is 5.75 Å². The van der Waals surface area contributed by atoms with Crippen LogP contribution in [0.3, 0.4) is 0 Å². The van der Waals surface area contributed by atoms with Crippen LogP contribution in [0.2, 0.25) is 5.02 Å². The minimum Gasteiger partial charge on any atom is -0.485 e. The van der Waals surface area contributed by atoms with E-state index in [9.17, 15) is 4.79 Å². The Morgan fingerprint density at radius 2 is 2.10 bits per heavy atom. The molecule has 0 atom stereocenters. The van der Waals surface area contributed by atoms with Crippen molar-refractivity contribution in [3.8, 4) is 5.75 Å². The Bertz CT molecular complexity index is 640. The van der Waals surface area contributed by atoms with Crippen LogP contribution in [0.25, 0.3) is 0 Å². The molecule has 2 rings (SSSR count). The summed E-state index contributed by atoms with van der Waals surface area (Å²) in [5.41, 5.74) is 1.64. The lowest BCUT2D eigenvalue weighted by atomic mass is 10.1. The zero-order chi connectivity index (χ0) is 14.7. The van der Waals surface area contributed by atoms with E-state index in [2.05, 4.69) is 31.9 Å². The van der Waals surface area contributed by atoms with E-state index in [-0.39, 0.29) is 12.4 Å². The predicted octanol–water partition coefficient (Wildman–Crippen LogP) is 5.75. The highest BCUT2D eigenvalue weighted by Gasteiger charge is 2.14. The van der Waals surface area contributed by atoms with Crippen LogP contribution in [-0.2, 0) is 6.42 Å². The normalized spacial score (nSPS) is 10.6. The highest BCUT2D eigenvalue weighted by molar-refractivity contribution is 9.12. The topological polar surface area (TPSA) is 26.3 Å². The first-order chi connectivity index (χ1) is 9.51. The van der Waals surface area contributed by atoms with E-state index in [1.54, 1.807) is 18.2 Å². The largest absolute Gasteiger partial charge is 0.485 e. The van der Waals surface area contributed by atoms with Crippen molar-refractivity contribution in [2.45, 2.75) is 13.3 Å². The number of rotatable bonds is 5. The third kappa shape index (κ3) is 3.85. The first kappa shape index (κ1) is 16.0. The van der Waals surface area contributed by atoms with Gasteiger partial charge in [-0.05, 0) is 68.1 Å². The second kappa shape index (κ2) is 7.07. The van der Waals surface area contributed by atoms with Crippen molar-refractivity contribution in [2.24, 2.45) is 0 Å². The second-order valence-electron chi connectivity index (χ2n) is 4.06. The number of carbonyl (C=O) groups is 1. The van der Waals surface area contributed by atoms with E-state index in [1.165, 1.54) is 11.3 Å². The lowest BCUT2D eigenvalue weighted by molar-refractivity contribution is 0.0921. The maximum atomic E-state index is 12.1. The highest BCUT2D eigenvalue weighted by Crippen LogP contribution is 2.32. The molecule has 1 aromatic heterocycles. The molecule has 0 bridgehead atoms. The van der Waals surface area contributed by atoms with Crippen LogP contribution in [0.15, 0.2) is 31.8 Å². The molecule has 1 aromatic carbocycles. The Morgan fingerprint density at radius 1 is 1.35 bits per heavy atom. The maximum Gasteiger partial charge on any atom is 0.202 e. The first-order valence-electron chi connectivity index (χ1n) is 5.90. The van der Waals surface area contributed by atoms with Gasteiger partial charge in [0.2, 0.25) is 5.78 Å². The third-order valence-electron chi connectivity index (χ3n) is 2.73. The number of hydrogen-bond acceptors (Lipinski definition) is 3. The summed E-state index contributed by atoms with van der Waals surface area (Å²) in [7, 11) is 0. The molecule has 0 aliphatic carbocycles. The number of halogens is 3. The number of benzene rings is 1. The summed E-state index contributed by atoms with van der Waals surface area (Å²) >= 11 is 14.2. The van der Waals surface area contributed by atoms with Gasteiger partial charge in [-0.15, -0.1) is 11.3 Å². The van der Waals surface area contributed by atoms with E-state index < -0.39 is 0 Å². The van der Waals surface area contributed by atoms with Gasteiger partial charge in [-0.2, -0.15) is 0 Å². The molecule has 106 valence electrons. The number of hydrogen-bond donors (Lipinski definition) is 0. The van der Waals surface area contributed by atoms with E-state index >= 15 is 0 Å². The Balaban J connectivity index is 2.05. The van der Waals surface area contributed by atoms with Crippen LogP contribution < -0.4 is 4.74 Å². The summed E-state index contributed by atoms with van der Waals surface area (Å²) in [5, 5.41) is 0.718. The summed E-state index contributed by atoms with van der Waals surface area (Å²) in [6.45, 7) is 2.03. The zero-order valence-corrected chi connectivity index (χ0v) is 15.3. The Morgan fingerprint density at radius 3 is 2.70 bits per heavy atom. The summed E-state index contributed by atoms with van der Waals surface area (Å²) in [4.78, 5) is 12.1. The average molecular weight is 439 g/mol. The fraction of sp³-hybridized carbons (Fsp3) is 0.214. The van der Waals surface area contributed by atoms with Gasteiger partial charge in [0.1, 0.15) is 5.75 Å². The van der Waals surface area contributed by atoms with Crippen LogP contribution >= 0.6 is 54.8 Å². The molecule has 6 heteroatoms. The molecule has 0 radical (unpaired) electrons. The molecule has 0 saturated heterocycles. The van der Waals surface area contributed by atoms with Gasteiger partial charge in [-0.3, -0.25) is 4.79 Å². The SMILES string of the molecule is CCc1cc(OCC(=O)c2cc(Br)sc2Br)ccc1Cl. The maximum absolute atomic E-state index is 12.1. The molecule has 0 fully saturated rings. The molecular formula is C14H11Br2ClO2S. The van der Waals surface area contributed by atoms with Crippen molar-refractivity contribution in [1.82, 2.24) is 0 Å². The van der Waals surface area contributed by atoms with Gasteiger partial charge in [0.05, 0.1) is 7.57 Å². The van der Waals surface area contributed by atoms with Crippen molar-refractivity contribution in [3.63, 3.8) is 0 Å². The standard InChI is InChI=1S/C14H11Br2ClO2S/c1-2-8-5-9(3-4-11(8)17)19-7-12(18)10-6-13(15)20-14(10)16/h3-6H,2,7H2,1H3. The van der Waals surface area contributed by atoms with Gasteiger partial charge in [-0.1, -0.05) is 18.5 Å². The molecular weight excluding hydrogens is 427 g/mol. The molecule has 0 saturated carbocycles. The van der Waals surface area contributed by atoms with Crippen molar-refractivity contribution in [3.05, 3.63) is 48.0 Å². The lowest BCUT2D eigenvalue weighted by Gasteiger charge is -2.08. The molecule has 0 unspecified atom stereocenters. The number of aryl methyl sites for hydroxylation is 1. The minimum absolute atomic E-state index is 0.00651. The molecule has 20 heavy (non-hydrogen) atoms. The molecule has 1 heterocycles. The van der Waals surface area contributed by atoms with Gasteiger partial charge < -0.3 is 4.74 Å². The molecule has 2 aromatic rings. The Labute approximate surface area is 143 Å². The van der Waals surface area contributed by atoms with Crippen LogP contribution in [0, 0.1) is 0 Å². The molecule has 0 aliphatic heterocycles. The quantitative estimate of drug-likeness (QED) is 0.556. The van der Waals surface area contributed by atoms with Crippen molar-refractivity contribution < 1.29 is 9.53 Å². The number of ether oxygens (including phenoxy) is 1. The van der Waals surface area contributed by atoms with E-state index in [1.807, 2.05) is 13.0 Å². The number of carbonyl (C=O) groups excluding carboxylic acids is 1. The first-order valence-corrected chi connectivity index (χ1v) is 8.68. The van der Waals surface area contributed by atoms with Crippen LogP contribution in [0.1, 0.15) is 22.8 Å². The summed E-state index contributed by atoms with van der Waals surface area (Å²) in [5.74, 6) is 0.594. The number of thiophene rings is 1. The molecule has 0 N–H and O–H groups in total. The fourth-order valence-corrected chi connectivity index (χ4v) is 4.78. The summed E-state index contributed by atoms with van der Waals surface area (Å²) in [6.07, 6.45) is 0.826. The van der Waals surface area contributed by atoms with Crippen molar-refractivity contribution in [1.29, 1.82) is 0 Å². The zero-order valence-electron chi connectivity index (χ0n) is 10.6. The smallest absolute Gasteiger partial charge is 0.202 e. The lowest BCUT2D eigenvalue weighted by Crippen LogP contribution is -2.11. The molecule has 2 nitrogen and oxygen atoms in total.